The van der Waals surface area contributed by atoms with Gasteiger partial charge in [-0.1, -0.05) is 45.0 Å². The number of methoxy groups -OCH3 is 1. The van der Waals surface area contributed by atoms with Crippen LogP contribution in [0.25, 0.3) is 0 Å². The van der Waals surface area contributed by atoms with E-state index in [1.54, 1.807) is 50.2 Å². The molecule has 0 bridgehead atoms. The number of ketones is 1. The van der Waals surface area contributed by atoms with Crippen molar-refractivity contribution in [3.05, 3.63) is 63.6 Å². The van der Waals surface area contributed by atoms with Crippen molar-refractivity contribution >= 4 is 23.0 Å². The number of rotatable bonds is 6. The van der Waals surface area contributed by atoms with Crippen LogP contribution < -0.4 is 4.74 Å². The lowest BCUT2D eigenvalue weighted by Gasteiger charge is -2.29. The smallest absolute Gasteiger partial charge is 0.290 e. The van der Waals surface area contributed by atoms with E-state index in [1.165, 1.54) is 0 Å². The molecule has 28 heavy (non-hydrogen) atoms. The molecule has 1 aliphatic heterocycles. The van der Waals surface area contributed by atoms with E-state index < -0.39 is 23.1 Å². The predicted octanol–water partition coefficient (Wildman–Crippen LogP) is 4.31. The van der Waals surface area contributed by atoms with E-state index in [-0.39, 0.29) is 11.4 Å². The molecule has 1 aromatic carbocycles. The lowest BCUT2D eigenvalue weighted by molar-refractivity contribution is -0.129. The molecule has 1 unspecified atom stereocenters. The van der Waals surface area contributed by atoms with Gasteiger partial charge in [0.05, 0.1) is 18.7 Å². The maximum atomic E-state index is 13.1. The highest BCUT2D eigenvalue weighted by Gasteiger charge is 2.46. The van der Waals surface area contributed by atoms with Crippen LogP contribution in [-0.2, 0) is 16.0 Å². The highest BCUT2D eigenvalue weighted by atomic mass is 32.1. The van der Waals surface area contributed by atoms with Gasteiger partial charge in [0.1, 0.15) is 5.75 Å². The Kier molecular flexibility index (Phi) is 5.61. The van der Waals surface area contributed by atoms with E-state index in [9.17, 15) is 14.7 Å². The Hall–Kier alpha value is -2.60. The van der Waals surface area contributed by atoms with E-state index in [4.69, 9.17) is 4.74 Å². The van der Waals surface area contributed by atoms with E-state index in [1.807, 2.05) is 35.7 Å². The third-order valence-corrected chi connectivity index (χ3v) is 5.78. The Balaban J connectivity index is 2.06. The number of carbonyl (C=O) groups excluding carboxylic acids is 2. The number of hydrogen-bond acceptors (Lipinski definition) is 5. The van der Waals surface area contributed by atoms with Gasteiger partial charge in [0.2, 0.25) is 0 Å². The molecule has 0 fully saturated rings. The normalized spacial score (nSPS) is 17.4. The first-order valence-electron chi connectivity index (χ1n) is 9.20. The monoisotopic (exact) mass is 399 g/mol. The van der Waals surface area contributed by atoms with Gasteiger partial charge in [-0.3, -0.25) is 9.59 Å². The number of nitrogens with zero attached hydrogens (tertiary/aromatic N) is 1. The topological polar surface area (TPSA) is 66.8 Å². The van der Waals surface area contributed by atoms with Crippen molar-refractivity contribution in [3.8, 4) is 5.75 Å². The molecule has 5 nitrogen and oxygen atoms in total. The molecule has 2 aromatic rings. The summed E-state index contributed by atoms with van der Waals surface area (Å²) in [5.41, 5.74) is 0.113. The van der Waals surface area contributed by atoms with Gasteiger partial charge in [0, 0.05) is 22.4 Å². The maximum absolute atomic E-state index is 13.1. The minimum absolute atomic E-state index is 0.146. The van der Waals surface area contributed by atoms with Crippen LogP contribution >= 0.6 is 11.3 Å². The minimum Gasteiger partial charge on any atom is -0.503 e. The largest absolute Gasteiger partial charge is 0.503 e. The van der Waals surface area contributed by atoms with Crippen LogP contribution in [0.5, 0.6) is 5.75 Å². The first kappa shape index (κ1) is 20.1. The van der Waals surface area contributed by atoms with Crippen LogP contribution in [0, 0.1) is 5.41 Å². The highest BCUT2D eigenvalue weighted by molar-refractivity contribution is 7.09. The fraction of sp³-hybridized carbons (Fsp3) is 0.364. The number of para-hydroxylation sites is 1. The van der Waals surface area contributed by atoms with Crippen LogP contribution in [0.4, 0.5) is 0 Å². The number of aliphatic hydroxyl groups excluding tert-OH is 1. The molecule has 0 saturated heterocycles. The summed E-state index contributed by atoms with van der Waals surface area (Å²) in [5, 5.41) is 12.6. The summed E-state index contributed by atoms with van der Waals surface area (Å²) in [6.45, 7) is 5.75. The molecule has 0 spiro atoms. The van der Waals surface area contributed by atoms with Gasteiger partial charge in [0.25, 0.3) is 5.91 Å². The van der Waals surface area contributed by atoms with E-state index in [0.717, 1.165) is 4.88 Å². The van der Waals surface area contributed by atoms with Crippen molar-refractivity contribution in [2.75, 3.05) is 13.7 Å². The number of Topliss-reactive ketones (excluding diaryl/α,β-unsaturated/α-hetero) is 1. The summed E-state index contributed by atoms with van der Waals surface area (Å²) < 4.78 is 5.49. The fourth-order valence-corrected chi connectivity index (χ4v) is 4.12. The Morgan fingerprint density at radius 3 is 2.54 bits per heavy atom. The quantitative estimate of drug-likeness (QED) is 0.786. The molecule has 0 saturated carbocycles. The van der Waals surface area contributed by atoms with Crippen LogP contribution in [-0.4, -0.2) is 35.4 Å². The average Bonchev–Trinajstić information content (AvgIpc) is 3.26. The van der Waals surface area contributed by atoms with Crippen molar-refractivity contribution in [1.29, 1.82) is 0 Å². The SMILES string of the molecule is COc1ccccc1C1C(C(=O)C(C)(C)C)=C(O)C(=O)N1CCc1cccs1. The fourth-order valence-electron chi connectivity index (χ4n) is 3.42. The Labute approximate surface area is 169 Å². The summed E-state index contributed by atoms with van der Waals surface area (Å²) in [6.07, 6.45) is 0.652. The molecule has 1 aromatic heterocycles. The summed E-state index contributed by atoms with van der Waals surface area (Å²) in [6, 6.07) is 10.6. The van der Waals surface area contributed by atoms with Gasteiger partial charge in [-0.05, 0) is 23.9 Å². The molecule has 1 atom stereocenters. The number of aliphatic hydroxyl groups is 1. The van der Waals surface area contributed by atoms with Crippen LogP contribution in [0.1, 0.15) is 37.3 Å². The molecule has 1 N–H and O–H groups in total. The molecular formula is C22H25NO4S. The molecule has 0 aliphatic carbocycles. The third kappa shape index (κ3) is 3.69. The number of benzene rings is 1. The Morgan fingerprint density at radius 2 is 1.93 bits per heavy atom. The summed E-state index contributed by atoms with van der Waals surface area (Å²) >= 11 is 1.62. The molecule has 3 rings (SSSR count). The minimum atomic E-state index is -0.729. The van der Waals surface area contributed by atoms with Gasteiger partial charge in [0.15, 0.2) is 11.5 Å². The van der Waals surface area contributed by atoms with Crippen LogP contribution in [0.15, 0.2) is 53.1 Å². The number of thiophene rings is 1. The number of amides is 1. The second-order valence-electron chi connectivity index (χ2n) is 7.81. The summed E-state index contributed by atoms with van der Waals surface area (Å²) in [5.74, 6) is -0.634. The Bertz CT molecular complexity index is 909. The molecule has 1 aliphatic rings. The van der Waals surface area contributed by atoms with Gasteiger partial charge in [-0.15, -0.1) is 11.3 Å². The zero-order valence-corrected chi connectivity index (χ0v) is 17.4. The average molecular weight is 400 g/mol. The standard InChI is InChI=1S/C22H25NO4S/c1-22(2,3)20(25)17-18(15-9-5-6-10-16(15)27-4)23(21(26)19(17)24)12-11-14-8-7-13-28-14/h5-10,13,18,24H,11-12H2,1-4H3. The molecular weight excluding hydrogens is 374 g/mol. The second-order valence-corrected chi connectivity index (χ2v) is 8.85. The molecule has 1 amide bonds. The lowest BCUT2D eigenvalue weighted by Crippen LogP contribution is -2.34. The maximum Gasteiger partial charge on any atom is 0.290 e. The zero-order chi connectivity index (χ0) is 20.5. The first-order chi connectivity index (χ1) is 13.3. The van der Waals surface area contributed by atoms with E-state index in [0.29, 0.717) is 24.3 Å². The van der Waals surface area contributed by atoms with Gasteiger partial charge >= 0.3 is 0 Å². The summed E-state index contributed by atoms with van der Waals surface area (Å²) in [7, 11) is 1.56. The molecule has 6 heteroatoms. The Morgan fingerprint density at radius 1 is 1.21 bits per heavy atom. The van der Waals surface area contributed by atoms with Crippen LogP contribution in [0.3, 0.4) is 0 Å². The first-order valence-corrected chi connectivity index (χ1v) is 10.1. The number of carbonyl (C=O) groups is 2. The lowest BCUT2D eigenvalue weighted by atomic mass is 9.82. The van der Waals surface area contributed by atoms with Crippen LogP contribution in [0.2, 0.25) is 0 Å². The molecule has 148 valence electrons. The van der Waals surface area contributed by atoms with Crippen molar-refractivity contribution in [1.82, 2.24) is 4.90 Å². The predicted molar refractivity (Wildman–Crippen MR) is 110 cm³/mol. The van der Waals surface area contributed by atoms with Crippen molar-refractivity contribution in [2.45, 2.75) is 33.2 Å². The van der Waals surface area contributed by atoms with Gasteiger partial charge in [-0.25, -0.2) is 0 Å². The van der Waals surface area contributed by atoms with Gasteiger partial charge < -0.3 is 14.7 Å². The second kappa shape index (κ2) is 7.80. The van der Waals surface area contributed by atoms with Crippen molar-refractivity contribution in [2.24, 2.45) is 5.41 Å². The number of ether oxygens (including phenoxy) is 1. The van der Waals surface area contributed by atoms with Crippen molar-refractivity contribution in [3.63, 3.8) is 0 Å². The van der Waals surface area contributed by atoms with Gasteiger partial charge in [-0.2, -0.15) is 0 Å². The van der Waals surface area contributed by atoms with E-state index >= 15 is 0 Å². The molecule has 2 heterocycles. The molecule has 0 radical (unpaired) electrons. The van der Waals surface area contributed by atoms with E-state index in [2.05, 4.69) is 0 Å². The zero-order valence-electron chi connectivity index (χ0n) is 16.6. The summed E-state index contributed by atoms with van der Waals surface area (Å²) in [4.78, 5) is 28.8. The third-order valence-electron chi connectivity index (χ3n) is 4.84. The number of hydrogen-bond donors (Lipinski definition) is 1. The highest BCUT2D eigenvalue weighted by Crippen LogP contribution is 2.43. The van der Waals surface area contributed by atoms with Crippen molar-refractivity contribution < 1.29 is 19.4 Å².